The van der Waals surface area contributed by atoms with E-state index in [1.165, 1.54) is 25.3 Å². The smallest absolute Gasteiger partial charge is 0.410 e. The quantitative estimate of drug-likeness (QED) is 0.361. The zero-order valence-electron chi connectivity index (χ0n) is 21.3. The van der Waals surface area contributed by atoms with Crippen LogP contribution in [0.15, 0.2) is 39.6 Å². The van der Waals surface area contributed by atoms with E-state index in [1.807, 2.05) is 0 Å². The molecule has 0 saturated heterocycles. The standard InChI is InChI=1S/C25H32N2O10/c1-13(2)23(30)35-15(5)36-25(32)27-19(24(31)34-14(3)4)9-16-7-6-8-33-12-22(37-16)17-10-21(29)18(26)11-20(17)28/h6-8,10,12-15,18-19H,9,11,26H2,1-5H3,(H,27,32). The molecular weight excluding hydrogens is 488 g/mol. The van der Waals surface area contributed by atoms with Crippen molar-refractivity contribution in [1.29, 1.82) is 0 Å². The van der Waals surface area contributed by atoms with Gasteiger partial charge in [-0.2, -0.15) is 0 Å². The number of allylic oxidation sites excluding steroid dienone is 1. The third-order valence-electron chi connectivity index (χ3n) is 4.84. The van der Waals surface area contributed by atoms with Crippen LogP contribution in [0.3, 0.4) is 0 Å². The molecular formula is C25H32N2O10. The molecule has 202 valence electrons. The SMILES string of the molecule is CC(C)OC(=O)C(Cc1cccocc(C2=CC(=O)C(N)CC2=O)o1)NC(=O)OC(C)OC(=O)C(C)C. The number of alkyl carbamates (subject to hydrolysis) is 1. The van der Waals surface area contributed by atoms with Crippen LogP contribution in [0.4, 0.5) is 4.79 Å². The van der Waals surface area contributed by atoms with Gasteiger partial charge in [0, 0.05) is 19.8 Å². The van der Waals surface area contributed by atoms with E-state index >= 15 is 0 Å². The number of nitrogens with two attached hydrogens (primary N) is 1. The summed E-state index contributed by atoms with van der Waals surface area (Å²) < 4.78 is 26.3. The number of ketones is 2. The highest BCUT2D eigenvalue weighted by Gasteiger charge is 2.29. The molecule has 12 heteroatoms. The Bertz CT molecular complexity index is 1100. The molecule has 0 aliphatic heterocycles. The molecule has 0 aromatic carbocycles. The molecule has 3 atom stereocenters. The monoisotopic (exact) mass is 520 g/mol. The number of ether oxygens (including phenoxy) is 3. The van der Waals surface area contributed by atoms with Gasteiger partial charge in [-0.1, -0.05) is 13.8 Å². The van der Waals surface area contributed by atoms with Gasteiger partial charge in [0.2, 0.25) is 6.29 Å². The van der Waals surface area contributed by atoms with Gasteiger partial charge < -0.3 is 34.1 Å². The molecule has 1 aliphatic rings. The number of Topliss-reactive ketones (excluding diaryl/α,β-unsaturated/α-hetero) is 1. The van der Waals surface area contributed by atoms with Gasteiger partial charge in [-0.15, -0.1) is 0 Å². The van der Waals surface area contributed by atoms with E-state index in [1.54, 1.807) is 27.7 Å². The van der Waals surface area contributed by atoms with Crippen molar-refractivity contribution in [3.05, 3.63) is 42.3 Å². The van der Waals surface area contributed by atoms with Gasteiger partial charge in [0.1, 0.15) is 18.1 Å². The highest BCUT2D eigenvalue weighted by molar-refractivity contribution is 6.28. The molecule has 1 amide bonds. The Kier molecular flexibility index (Phi) is 10.6. The lowest BCUT2D eigenvalue weighted by atomic mass is 9.92. The van der Waals surface area contributed by atoms with E-state index in [9.17, 15) is 24.0 Å². The van der Waals surface area contributed by atoms with Gasteiger partial charge in [0.05, 0.1) is 29.9 Å². The Hall–Kier alpha value is -3.93. The van der Waals surface area contributed by atoms with Crippen molar-refractivity contribution in [2.45, 2.75) is 71.9 Å². The molecule has 3 N–H and O–H groups in total. The summed E-state index contributed by atoms with van der Waals surface area (Å²) in [5.74, 6) is -2.59. The lowest BCUT2D eigenvalue weighted by Crippen LogP contribution is -2.45. The second kappa shape index (κ2) is 13.4. The molecule has 3 unspecified atom stereocenters. The summed E-state index contributed by atoms with van der Waals surface area (Å²) in [5.41, 5.74) is 5.60. The van der Waals surface area contributed by atoms with Gasteiger partial charge in [-0.05, 0) is 32.1 Å². The van der Waals surface area contributed by atoms with Gasteiger partial charge in [-0.3, -0.25) is 14.4 Å². The van der Waals surface area contributed by atoms with Crippen LogP contribution < -0.4 is 11.1 Å². The number of hydrogen-bond acceptors (Lipinski definition) is 11. The fraction of sp³-hybridized carbons (Fsp3) is 0.480. The fourth-order valence-electron chi connectivity index (χ4n) is 3.03. The summed E-state index contributed by atoms with van der Waals surface area (Å²) in [5, 5.41) is 2.38. The van der Waals surface area contributed by atoms with E-state index in [4.69, 9.17) is 28.8 Å². The predicted molar refractivity (Wildman–Crippen MR) is 128 cm³/mol. The molecule has 1 aliphatic carbocycles. The van der Waals surface area contributed by atoms with E-state index in [2.05, 4.69) is 5.32 Å². The number of rotatable bonds is 9. The van der Waals surface area contributed by atoms with E-state index in [0.29, 0.717) is 0 Å². The minimum Gasteiger partial charge on any atom is -0.469 e. The summed E-state index contributed by atoms with van der Waals surface area (Å²) in [6, 6.07) is 0.700. The van der Waals surface area contributed by atoms with Crippen molar-refractivity contribution in [3.8, 4) is 0 Å². The first kappa shape index (κ1) is 29.3. The van der Waals surface area contributed by atoms with Crippen molar-refractivity contribution in [3.63, 3.8) is 0 Å². The second-order valence-corrected chi connectivity index (χ2v) is 8.83. The Labute approximate surface area is 213 Å². The van der Waals surface area contributed by atoms with Crippen molar-refractivity contribution < 1.29 is 47.0 Å². The normalized spacial score (nSPS) is 17.0. The summed E-state index contributed by atoms with van der Waals surface area (Å²) in [6.45, 7) is 7.87. The largest absolute Gasteiger partial charge is 0.469 e. The third kappa shape index (κ3) is 9.22. The molecule has 0 radical (unpaired) electrons. The topological polar surface area (TPSA) is 177 Å². The van der Waals surface area contributed by atoms with Crippen LogP contribution in [0.25, 0.3) is 5.57 Å². The first-order valence-electron chi connectivity index (χ1n) is 11.7. The van der Waals surface area contributed by atoms with Crippen LogP contribution in [0.5, 0.6) is 0 Å². The number of carbonyl (C=O) groups excluding carboxylic acids is 5. The highest BCUT2D eigenvalue weighted by atomic mass is 16.7. The zero-order chi connectivity index (χ0) is 27.7. The molecule has 0 saturated carbocycles. The Morgan fingerprint density at radius 2 is 1.78 bits per heavy atom. The van der Waals surface area contributed by atoms with Crippen LogP contribution in [0, 0.1) is 5.92 Å². The number of amides is 1. The predicted octanol–water partition coefficient (Wildman–Crippen LogP) is 2.38. The van der Waals surface area contributed by atoms with Crippen molar-refractivity contribution in [2.24, 2.45) is 11.7 Å². The van der Waals surface area contributed by atoms with Crippen LogP contribution in [0.2, 0.25) is 0 Å². The average molecular weight is 521 g/mol. The summed E-state index contributed by atoms with van der Waals surface area (Å²) >= 11 is 0. The summed E-state index contributed by atoms with van der Waals surface area (Å²) in [7, 11) is 0. The second-order valence-electron chi connectivity index (χ2n) is 8.83. The molecule has 1 aromatic heterocycles. The number of hydrogen-bond donors (Lipinski definition) is 2. The first-order chi connectivity index (χ1) is 17.4. The number of nitrogens with one attached hydrogen (secondary N) is 1. The summed E-state index contributed by atoms with van der Waals surface area (Å²) in [4.78, 5) is 61.4. The number of esters is 2. The fourth-order valence-corrected chi connectivity index (χ4v) is 3.03. The molecule has 1 heterocycles. The number of carbonyl (C=O) groups is 5. The van der Waals surface area contributed by atoms with Gasteiger partial charge in [0.15, 0.2) is 17.3 Å². The zero-order valence-corrected chi connectivity index (χ0v) is 21.3. The van der Waals surface area contributed by atoms with Crippen LogP contribution in [-0.4, -0.2) is 54.1 Å². The molecule has 0 fully saturated rings. The van der Waals surface area contributed by atoms with Crippen molar-refractivity contribution in [1.82, 2.24) is 5.32 Å². The molecule has 37 heavy (non-hydrogen) atoms. The van der Waals surface area contributed by atoms with Gasteiger partial charge in [-0.25, -0.2) is 9.59 Å². The Morgan fingerprint density at radius 1 is 1.08 bits per heavy atom. The van der Waals surface area contributed by atoms with Crippen LogP contribution in [0.1, 0.15) is 52.6 Å². The van der Waals surface area contributed by atoms with Crippen LogP contribution in [-0.2, 0) is 39.8 Å². The Balaban J connectivity index is 2.30. The molecule has 1 aromatic rings. The maximum atomic E-state index is 12.7. The van der Waals surface area contributed by atoms with E-state index in [-0.39, 0.29) is 29.9 Å². The van der Waals surface area contributed by atoms with Crippen molar-refractivity contribution >= 4 is 35.2 Å². The molecule has 12 nitrogen and oxygen atoms in total. The Morgan fingerprint density at radius 3 is 2.43 bits per heavy atom. The molecule has 0 bridgehead atoms. The van der Waals surface area contributed by atoms with E-state index < -0.39 is 60.0 Å². The van der Waals surface area contributed by atoms with Gasteiger partial charge >= 0.3 is 18.0 Å². The van der Waals surface area contributed by atoms with E-state index in [0.717, 1.165) is 12.3 Å². The lowest BCUT2D eigenvalue weighted by molar-refractivity contribution is -0.169. The average Bonchev–Trinajstić information content (AvgIpc) is 2.76. The minimum atomic E-state index is -1.28. The van der Waals surface area contributed by atoms with Crippen molar-refractivity contribution in [2.75, 3.05) is 0 Å². The maximum Gasteiger partial charge on any atom is 0.410 e. The molecule has 2 rings (SSSR count). The first-order valence-corrected chi connectivity index (χ1v) is 11.7. The molecule has 0 spiro atoms. The minimum absolute atomic E-state index is 0.0395. The summed E-state index contributed by atoms with van der Waals surface area (Å²) in [6.07, 6.45) is 0.331. The van der Waals surface area contributed by atoms with Gasteiger partial charge in [0.25, 0.3) is 0 Å². The van der Waals surface area contributed by atoms with Crippen LogP contribution >= 0.6 is 0 Å². The maximum absolute atomic E-state index is 12.7. The third-order valence-corrected chi connectivity index (χ3v) is 4.84. The highest BCUT2D eigenvalue weighted by Crippen LogP contribution is 2.22. The lowest BCUT2D eigenvalue weighted by Gasteiger charge is -2.21.